The van der Waals surface area contributed by atoms with Crippen LogP contribution in [-0.2, 0) is 0 Å². The molecule has 1 aliphatic heterocycles. The van der Waals surface area contributed by atoms with Crippen LogP contribution >= 0.6 is 11.3 Å². The van der Waals surface area contributed by atoms with Gasteiger partial charge in [-0.15, -0.1) is 11.3 Å². The number of nitrogens with zero attached hydrogens (tertiary/aromatic N) is 1. The zero-order valence-corrected chi connectivity index (χ0v) is 14.7. The number of fused-ring (bicyclic) bond motifs is 3. The molecule has 130 valence electrons. The molecule has 1 saturated heterocycles. The van der Waals surface area contributed by atoms with E-state index in [4.69, 9.17) is 4.42 Å². The second kappa shape index (κ2) is 6.98. The van der Waals surface area contributed by atoms with Crippen LogP contribution in [0.5, 0.6) is 0 Å². The number of rotatable bonds is 5. The van der Waals surface area contributed by atoms with E-state index in [1.54, 1.807) is 12.1 Å². The lowest BCUT2D eigenvalue weighted by Crippen LogP contribution is -2.28. The van der Waals surface area contributed by atoms with Gasteiger partial charge >= 0.3 is 5.63 Å². The molecule has 1 amide bonds. The van der Waals surface area contributed by atoms with Crippen molar-refractivity contribution in [2.75, 3.05) is 26.2 Å². The molecule has 1 aliphatic rings. The summed E-state index contributed by atoms with van der Waals surface area (Å²) in [5, 5.41) is 4.31. The van der Waals surface area contributed by atoms with Crippen LogP contribution in [0.3, 0.4) is 0 Å². The van der Waals surface area contributed by atoms with Gasteiger partial charge in [-0.05, 0) is 57.1 Å². The van der Waals surface area contributed by atoms with Crippen molar-refractivity contribution in [1.29, 1.82) is 0 Å². The first-order valence-corrected chi connectivity index (χ1v) is 9.50. The summed E-state index contributed by atoms with van der Waals surface area (Å²) in [5.74, 6) is -0.119. The summed E-state index contributed by atoms with van der Waals surface area (Å²) in [6, 6.07) is 9.06. The number of hydrogen-bond acceptors (Lipinski definition) is 5. The predicted octanol–water partition coefficient (Wildman–Crippen LogP) is 3.22. The van der Waals surface area contributed by atoms with E-state index in [1.165, 1.54) is 37.3 Å². The molecular weight excluding hydrogens is 336 g/mol. The number of amides is 1. The van der Waals surface area contributed by atoms with E-state index in [9.17, 15) is 9.59 Å². The average molecular weight is 356 g/mol. The van der Waals surface area contributed by atoms with Gasteiger partial charge in [0.05, 0.1) is 15.0 Å². The monoisotopic (exact) mass is 356 g/mol. The Bertz CT molecular complexity index is 970. The van der Waals surface area contributed by atoms with Gasteiger partial charge in [0.2, 0.25) is 0 Å². The maximum absolute atomic E-state index is 12.4. The highest BCUT2D eigenvalue weighted by Gasteiger charge is 2.16. The van der Waals surface area contributed by atoms with Crippen LogP contribution in [0.4, 0.5) is 0 Å². The molecule has 0 unspecified atom stereocenters. The van der Waals surface area contributed by atoms with Crippen LogP contribution in [0.2, 0.25) is 0 Å². The van der Waals surface area contributed by atoms with E-state index in [0.29, 0.717) is 22.4 Å². The number of carbonyl (C=O) groups excluding carboxylic acids is 1. The normalized spacial score (nSPS) is 15.2. The molecule has 0 spiro atoms. The lowest BCUT2D eigenvalue weighted by Gasteiger charge is -2.14. The van der Waals surface area contributed by atoms with Crippen LogP contribution in [0, 0.1) is 0 Å². The van der Waals surface area contributed by atoms with Gasteiger partial charge in [0, 0.05) is 11.9 Å². The number of carbonyl (C=O) groups is 1. The first-order valence-electron chi connectivity index (χ1n) is 8.68. The van der Waals surface area contributed by atoms with Crippen LogP contribution in [0.15, 0.2) is 39.5 Å². The van der Waals surface area contributed by atoms with E-state index < -0.39 is 5.63 Å². The maximum atomic E-state index is 12.4. The van der Waals surface area contributed by atoms with Gasteiger partial charge in [-0.1, -0.05) is 12.1 Å². The first kappa shape index (κ1) is 16.3. The fourth-order valence-corrected chi connectivity index (χ4v) is 4.44. The topological polar surface area (TPSA) is 62.6 Å². The molecule has 0 saturated carbocycles. The van der Waals surface area contributed by atoms with Crippen molar-refractivity contribution in [3.8, 4) is 0 Å². The molecule has 3 heterocycles. The minimum atomic E-state index is -0.391. The summed E-state index contributed by atoms with van der Waals surface area (Å²) >= 11 is 1.35. The van der Waals surface area contributed by atoms with E-state index >= 15 is 0 Å². The summed E-state index contributed by atoms with van der Waals surface area (Å²) in [6.45, 7) is 4.03. The fourth-order valence-electron chi connectivity index (χ4n) is 3.35. The Morgan fingerprint density at radius 3 is 2.84 bits per heavy atom. The molecule has 0 bridgehead atoms. The van der Waals surface area contributed by atoms with Crippen molar-refractivity contribution in [1.82, 2.24) is 10.2 Å². The van der Waals surface area contributed by atoms with Crippen LogP contribution in [-0.4, -0.2) is 37.0 Å². The Kier molecular flexibility index (Phi) is 4.55. The van der Waals surface area contributed by atoms with Crippen LogP contribution in [0.1, 0.15) is 28.9 Å². The number of benzene rings is 1. The Morgan fingerprint density at radius 2 is 2.00 bits per heavy atom. The van der Waals surface area contributed by atoms with Crippen molar-refractivity contribution in [3.05, 3.63) is 45.6 Å². The highest BCUT2D eigenvalue weighted by Crippen LogP contribution is 2.30. The van der Waals surface area contributed by atoms with E-state index in [-0.39, 0.29) is 5.91 Å². The lowest BCUT2D eigenvalue weighted by atomic mass is 10.2. The smallest absolute Gasteiger partial charge is 0.345 e. The van der Waals surface area contributed by atoms with Gasteiger partial charge in [-0.25, -0.2) is 4.79 Å². The minimum Gasteiger partial charge on any atom is -0.422 e. The largest absolute Gasteiger partial charge is 0.422 e. The van der Waals surface area contributed by atoms with Crippen molar-refractivity contribution in [3.63, 3.8) is 0 Å². The van der Waals surface area contributed by atoms with Crippen LogP contribution in [0.25, 0.3) is 21.1 Å². The van der Waals surface area contributed by atoms with E-state index in [0.717, 1.165) is 23.1 Å². The third kappa shape index (κ3) is 3.32. The van der Waals surface area contributed by atoms with Crippen molar-refractivity contribution in [2.24, 2.45) is 0 Å². The highest BCUT2D eigenvalue weighted by atomic mass is 32.1. The van der Waals surface area contributed by atoms with Gasteiger partial charge in [0.1, 0.15) is 5.58 Å². The molecule has 0 radical (unpaired) electrons. The summed E-state index contributed by atoms with van der Waals surface area (Å²) in [7, 11) is 0. The van der Waals surface area contributed by atoms with Crippen LogP contribution < -0.4 is 10.9 Å². The van der Waals surface area contributed by atoms with E-state index in [1.807, 2.05) is 18.2 Å². The third-order valence-electron chi connectivity index (χ3n) is 4.65. The Labute approximate surface area is 149 Å². The number of para-hydroxylation sites is 1. The molecule has 1 aromatic carbocycles. The summed E-state index contributed by atoms with van der Waals surface area (Å²) in [6.07, 6.45) is 3.51. The maximum Gasteiger partial charge on any atom is 0.345 e. The third-order valence-corrected chi connectivity index (χ3v) is 5.81. The Balaban J connectivity index is 1.49. The van der Waals surface area contributed by atoms with Crippen molar-refractivity contribution >= 4 is 38.3 Å². The molecule has 3 aromatic rings. The van der Waals surface area contributed by atoms with Gasteiger partial charge in [-0.3, -0.25) is 4.79 Å². The number of hydrogen-bond donors (Lipinski definition) is 1. The zero-order chi connectivity index (χ0) is 17.2. The quantitative estimate of drug-likeness (QED) is 0.563. The molecular formula is C19H20N2O3S. The van der Waals surface area contributed by atoms with Gasteiger partial charge in [0.25, 0.3) is 5.91 Å². The standard InChI is InChI=1S/C19H20N2O3S/c22-18(20-8-5-11-21-9-3-4-10-21)16-12-14-17(25-16)13-6-1-2-7-15(13)24-19(14)23/h1-2,6-7,12H,3-5,8-11H2,(H,20,22). The van der Waals surface area contributed by atoms with Crippen molar-refractivity contribution < 1.29 is 9.21 Å². The Morgan fingerprint density at radius 1 is 1.20 bits per heavy atom. The molecule has 0 atom stereocenters. The molecule has 5 nitrogen and oxygen atoms in total. The molecule has 2 aromatic heterocycles. The molecule has 0 aliphatic carbocycles. The van der Waals surface area contributed by atoms with Gasteiger partial charge in [-0.2, -0.15) is 0 Å². The second-order valence-corrected chi connectivity index (χ2v) is 7.45. The molecule has 25 heavy (non-hydrogen) atoms. The minimum absolute atomic E-state index is 0.119. The summed E-state index contributed by atoms with van der Waals surface area (Å²) in [5.41, 5.74) is 0.164. The molecule has 1 fully saturated rings. The second-order valence-electron chi connectivity index (χ2n) is 6.40. The SMILES string of the molecule is O=C(NCCCN1CCCC1)c1cc2c(=O)oc3ccccc3c2s1. The highest BCUT2D eigenvalue weighted by molar-refractivity contribution is 7.21. The number of nitrogens with one attached hydrogen (secondary N) is 1. The van der Waals surface area contributed by atoms with E-state index in [2.05, 4.69) is 10.2 Å². The zero-order valence-electron chi connectivity index (χ0n) is 13.9. The summed E-state index contributed by atoms with van der Waals surface area (Å²) < 4.78 is 6.15. The average Bonchev–Trinajstić information content (AvgIpc) is 3.29. The lowest BCUT2D eigenvalue weighted by molar-refractivity contribution is 0.0956. The first-order chi connectivity index (χ1) is 12.2. The molecule has 4 rings (SSSR count). The summed E-state index contributed by atoms with van der Waals surface area (Å²) in [4.78, 5) is 27.5. The van der Waals surface area contributed by atoms with Gasteiger partial charge in [0.15, 0.2) is 0 Å². The molecule has 1 N–H and O–H groups in total. The fraction of sp³-hybridized carbons (Fsp3) is 0.368. The Hall–Kier alpha value is -2.18. The van der Waals surface area contributed by atoms with Crippen molar-refractivity contribution in [2.45, 2.75) is 19.3 Å². The predicted molar refractivity (Wildman–Crippen MR) is 100 cm³/mol. The number of thiophene rings is 1. The number of likely N-dealkylation sites (tertiary alicyclic amines) is 1. The van der Waals surface area contributed by atoms with Gasteiger partial charge < -0.3 is 14.6 Å². The molecule has 6 heteroatoms.